The molecule has 0 spiro atoms. The van der Waals surface area contributed by atoms with Crippen LogP contribution in [0.3, 0.4) is 0 Å². The molecule has 4 rings (SSSR count). The first kappa shape index (κ1) is 25.2. The van der Waals surface area contributed by atoms with Gasteiger partial charge in [0.1, 0.15) is 0 Å². The summed E-state index contributed by atoms with van der Waals surface area (Å²) in [6.45, 7) is 6.75. The Hall–Kier alpha value is -2.93. The van der Waals surface area contributed by atoms with Crippen LogP contribution in [0.1, 0.15) is 77.8 Å². The smallest absolute Gasteiger partial charge is 0.254 e. The number of aryl methyl sites for hydroxylation is 2. The van der Waals surface area contributed by atoms with E-state index in [-0.39, 0.29) is 22.9 Å². The minimum absolute atomic E-state index is 0.0620. The molecule has 0 N–H and O–H groups in total. The van der Waals surface area contributed by atoms with E-state index in [4.69, 9.17) is 0 Å². The summed E-state index contributed by atoms with van der Waals surface area (Å²) in [7, 11) is -3.66. The summed E-state index contributed by atoms with van der Waals surface area (Å²) in [6.07, 6.45) is 6.81. The molecule has 1 heterocycles. The Labute approximate surface area is 208 Å². The van der Waals surface area contributed by atoms with Gasteiger partial charge in [-0.15, -0.1) is 0 Å². The van der Waals surface area contributed by atoms with E-state index in [0.717, 1.165) is 48.1 Å². The quantitative estimate of drug-likeness (QED) is 0.407. The monoisotopic (exact) mass is 493 g/mol. The van der Waals surface area contributed by atoms with Gasteiger partial charge < -0.3 is 9.47 Å². The molecule has 1 fully saturated rings. The van der Waals surface area contributed by atoms with Crippen molar-refractivity contribution in [2.24, 2.45) is 0 Å². The van der Waals surface area contributed by atoms with Gasteiger partial charge in [-0.2, -0.15) is 0 Å². The standard InChI is InChI=1S/C28H35N3O3S/c1-4-30(27(32)24-15-13-21(2)14-16-24)19-26-18-29-28(31(26)25-11-6-5-7-12-25)35(33,34)20-23-10-8-9-22(3)17-23/h8-10,13-18,25H,4-7,11-12,19-20H2,1-3H3. The second-order valence-electron chi connectivity index (χ2n) is 9.63. The zero-order chi connectivity index (χ0) is 25.0. The van der Waals surface area contributed by atoms with Gasteiger partial charge in [-0.1, -0.05) is 66.8 Å². The molecule has 0 unspecified atom stereocenters. The molecular formula is C28H35N3O3S. The molecule has 6 nitrogen and oxygen atoms in total. The lowest BCUT2D eigenvalue weighted by Crippen LogP contribution is -2.32. The number of sulfone groups is 1. The summed E-state index contributed by atoms with van der Waals surface area (Å²) < 4.78 is 29.1. The van der Waals surface area contributed by atoms with E-state index < -0.39 is 9.84 Å². The van der Waals surface area contributed by atoms with Gasteiger partial charge in [0.15, 0.2) is 0 Å². The van der Waals surface area contributed by atoms with Crippen LogP contribution in [0.15, 0.2) is 59.9 Å². The number of carbonyl (C=O) groups is 1. The van der Waals surface area contributed by atoms with E-state index in [1.807, 2.05) is 73.9 Å². The number of carbonyl (C=O) groups excluding carboxylic acids is 1. The first-order valence-corrected chi connectivity index (χ1v) is 14.1. The molecule has 0 aliphatic heterocycles. The number of hydrogen-bond acceptors (Lipinski definition) is 4. The topological polar surface area (TPSA) is 72.3 Å². The zero-order valence-corrected chi connectivity index (χ0v) is 21.7. The van der Waals surface area contributed by atoms with E-state index in [0.29, 0.717) is 18.7 Å². The summed E-state index contributed by atoms with van der Waals surface area (Å²) >= 11 is 0. The van der Waals surface area contributed by atoms with Crippen LogP contribution in [0.2, 0.25) is 0 Å². The van der Waals surface area contributed by atoms with Gasteiger partial charge in [-0.3, -0.25) is 4.79 Å². The van der Waals surface area contributed by atoms with Crippen LogP contribution in [-0.2, 0) is 22.1 Å². The fraction of sp³-hybridized carbons (Fsp3) is 0.429. The molecule has 1 saturated carbocycles. The fourth-order valence-electron chi connectivity index (χ4n) is 4.94. The molecule has 0 bridgehead atoms. The fourth-order valence-corrected chi connectivity index (χ4v) is 6.47. The third-order valence-electron chi connectivity index (χ3n) is 6.82. The van der Waals surface area contributed by atoms with Crippen molar-refractivity contribution in [1.82, 2.24) is 14.5 Å². The Morgan fingerprint density at radius 3 is 2.40 bits per heavy atom. The highest BCUT2D eigenvalue weighted by Gasteiger charge is 2.30. The second-order valence-corrected chi connectivity index (χ2v) is 11.5. The van der Waals surface area contributed by atoms with E-state index in [9.17, 15) is 13.2 Å². The minimum Gasteiger partial charge on any atom is -0.333 e. The molecule has 1 amide bonds. The molecule has 1 aliphatic rings. The van der Waals surface area contributed by atoms with Crippen LogP contribution in [0.5, 0.6) is 0 Å². The lowest BCUT2D eigenvalue weighted by Gasteiger charge is -2.28. The molecule has 2 aromatic carbocycles. The lowest BCUT2D eigenvalue weighted by atomic mass is 9.95. The van der Waals surface area contributed by atoms with Crippen molar-refractivity contribution in [2.75, 3.05) is 6.54 Å². The molecule has 1 aromatic heterocycles. The maximum Gasteiger partial charge on any atom is 0.254 e. The van der Waals surface area contributed by atoms with Gasteiger partial charge in [0.05, 0.1) is 24.2 Å². The van der Waals surface area contributed by atoms with Crippen LogP contribution in [0.4, 0.5) is 0 Å². The van der Waals surface area contributed by atoms with E-state index in [2.05, 4.69) is 4.98 Å². The van der Waals surface area contributed by atoms with Crippen molar-refractivity contribution in [3.05, 3.63) is 82.7 Å². The van der Waals surface area contributed by atoms with Gasteiger partial charge in [-0.25, -0.2) is 13.4 Å². The van der Waals surface area contributed by atoms with Crippen molar-refractivity contribution in [1.29, 1.82) is 0 Å². The first-order chi connectivity index (χ1) is 16.8. The van der Waals surface area contributed by atoms with E-state index in [1.54, 1.807) is 11.1 Å². The van der Waals surface area contributed by atoms with Crippen LogP contribution >= 0.6 is 0 Å². The van der Waals surface area contributed by atoms with Crippen LogP contribution in [0, 0.1) is 13.8 Å². The van der Waals surface area contributed by atoms with Gasteiger partial charge in [0, 0.05) is 18.2 Å². The van der Waals surface area contributed by atoms with Crippen LogP contribution < -0.4 is 0 Å². The van der Waals surface area contributed by atoms with Gasteiger partial charge in [0.2, 0.25) is 15.0 Å². The number of rotatable bonds is 8. The normalized spacial score (nSPS) is 14.7. The predicted octanol–water partition coefficient (Wildman–Crippen LogP) is 5.64. The highest BCUT2D eigenvalue weighted by molar-refractivity contribution is 7.90. The predicted molar refractivity (Wildman–Crippen MR) is 138 cm³/mol. The van der Waals surface area contributed by atoms with E-state index >= 15 is 0 Å². The molecule has 0 radical (unpaired) electrons. The highest BCUT2D eigenvalue weighted by Crippen LogP contribution is 2.33. The lowest BCUT2D eigenvalue weighted by molar-refractivity contribution is 0.0747. The average molecular weight is 494 g/mol. The van der Waals surface area contributed by atoms with Gasteiger partial charge in [0.25, 0.3) is 5.91 Å². The molecule has 0 saturated heterocycles. The Bertz CT molecular complexity index is 1270. The molecule has 3 aromatic rings. The summed E-state index contributed by atoms with van der Waals surface area (Å²) in [5.74, 6) is -0.148. The van der Waals surface area contributed by atoms with Gasteiger partial charge in [-0.05, 0) is 51.3 Å². The third-order valence-corrected chi connectivity index (χ3v) is 8.39. The summed E-state index contributed by atoms with van der Waals surface area (Å²) in [5, 5.41) is 0.125. The average Bonchev–Trinajstić information content (AvgIpc) is 3.27. The van der Waals surface area contributed by atoms with Crippen molar-refractivity contribution >= 4 is 15.7 Å². The van der Waals surface area contributed by atoms with E-state index in [1.165, 1.54) is 6.42 Å². The summed E-state index contributed by atoms with van der Waals surface area (Å²) in [4.78, 5) is 19.4. The zero-order valence-electron chi connectivity index (χ0n) is 20.9. The maximum atomic E-state index is 13.6. The number of imidazole rings is 1. The Kier molecular flexibility index (Phi) is 7.75. The summed E-state index contributed by atoms with van der Waals surface area (Å²) in [5.41, 5.74) is 4.30. The van der Waals surface area contributed by atoms with Crippen molar-refractivity contribution in [3.63, 3.8) is 0 Å². The maximum absolute atomic E-state index is 13.6. The molecule has 186 valence electrons. The number of benzene rings is 2. The molecule has 0 atom stereocenters. The second kappa shape index (κ2) is 10.8. The van der Waals surface area contributed by atoms with Gasteiger partial charge >= 0.3 is 0 Å². The van der Waals surface area contributed by atoms with Crippen molar-refractivity contribution in [3.8, 4) is 0 Å². The largest absolute Gasteiger partial charge is 0.333 e. The Balaban J connectivity index is 1.67. The number of hydrogen-bond donors (Lipinski definition) is 0. The van der Waals surface area contributed by atoms with Crippen LogP contribution in [0.25, 0.3) is 0 Å². The molecule has 7 heteroatoms. The minimum atomic E-state index is -3.66. The summed E-state index contributed by atoms with van der Waals surface area (Å²) in [6, 6.07) is 15.2. The third kappa shape index (κ3) is 5.84. The van der Waals surface area contributed by atoms with Crippen LogP contribution in [-0.4, -0.2) is 35.3 Å². The van der Waals surface area contributed by atoms with Crippen molar-refractivity contribution in [2.45, 2.75) is 76.4 Å². The number of amides is 1. The number of nitrogens with zero attached hydrogens (tertiary/aromatic N) is 3. The molecule has 35 heavy (non-hydrogen) atoms. The van der Waals surface area contributed by atoms with Crippen molar-refractivity contribution < 1.29 is 13.2 Å². The SMILES string of the molecule is CCN(Cc1cnc(S(=O)(=O)Cc2cccc(C)c2)n1C1CCCCC1)C(=O)c1ccc(C)cc1. The first-order valence-electron chi connectivity index (χ1n) is 12.5. The Morgan fingerprint density at radius 2 is 1.74 bits per heavy atom. The number of aromatic nitrogens is 2. The molecular weight excluding hydrogens is 458 g/mol. The highest BCUT2D eigenvalue weighted by atomic mass is 32.2. The molecule has 1 aliphatic carbocycles. The Morgan fingerprint density at radius 1 is 1.03 bits per heavy atom.